The molecule has 1 aliphatic rings. The summed E-state index contributed by atoms with van der Waals surface area (Å²) in [7, 11) is 4.06. The first-order chi connectivity index (χ1) is 14.0. The van der Waals surface area contributed by atoms with Crippen molar-refractivity contribution in [2.24, 2.45) is 0 Å². The van der Waals surface area contributed by atoms with Gasteiger partial charge >= 0.3 is 0 Å². The van der Waals surface area contributed by atoms with Crippen LogP contribution in [-0.2, 0) is 11.3 Å². The first kappa shape index (κ1) is 18.9. The first-order valence-electron chi connectivity index (χ1n) is 9.43. The number of hydrogen-bond acceptors (Lipinski definition) is 3. The van der Waals surface area contributed by atoms with Gasteiger partial charge in [0.05, 0.1) is 17.0 Å². The van der Waals surface area contributed by atoms with E-state index < -0.39 is 0 Å². The van der Waals surface area contributed by atoms with E-state index in [-0.39, 0.29) is 11.7 Å². The van der Waals surface area contributed by atoms with Crippen LogP contribution in [0.4, 0.5) is 15.8 Å². The van der Waals surface area contributed by atoms with E-state index in [0.29, 0.717) is 22.5 Å². The Labute approximate surface area is 169 Å². The second-order valence-electron chi connectivity index (χ2n) is 7.32. The van der Waals surface area contributed by atoms with E-state index in [2.05, 4.69) is 27.7 Å². The number of anilines is 2. The number of nitrogens with one attached hydrogen (secondary N) is 2. The normalized spacial score (nSPS) is 14.6. The summed E-state index contributed by atoms with van der Waals surface area (Å²) in [5.41, 5.74) is 5.33. The fraction of sp³-hybridized carbons (Fsp3) is 0.125. The highest BCUT2D eigenvalue weighted by atomic mass is 19.1. The van der Waals surface area contributed by atoms with Crippen LogP contribution in [0.5, 0.6) is 0 Å². The van der Waals surface area contributed by atoms with E-state index >= 15 is 0 Å². The molecule has 146 valence electrons. The number of halogens is 1. The molecule has 3 aromatic carbocycles. The molecule has 2 N–H and O–H groups in total. The molecule has 0 saturated heterocycles. The molecule has 0 aromatic heterocycles. The average molecular weight is 387 g/mol. The van der Waals surface area contributed by atoms with Gasteiger partial charge in [0.2, 0.25) is 0 Å². The van der Waals surface area contributed by atoms with E-state index in [4.69, 9.17) is 0 Å². The molecule has 4 nitrogen and oxygen atoms in total. The molecule has 0 atom stereocenters. The molecule has 0 radical (unpaired) electrons. The fourth-order valence-electron chi connectivity index (χ4n) is 3.48. The lowest BCUT2D eigenvalue weighted by molar-refractivity contribution is -0.110. The SMILES string of the molecule is CN(C)Cc1ccc(N/C(=C2\C(=O)Nc3cc(F)ccc32)c2ccccc2)cc1. The van der Waals surface area contributed by atoms with Crippen molar-refractivity contribution in [1.82, 2.24) is 4.90 Å². The number of hydrogen-bond donors (Lipinski definition) is 2. The lowest BCUT2D eigenvalue weighted by atomic mass is 10.00. The minimum absolute atomic E-state index is 0.249. The van der Waals surface area contributed by atoms with Crippen LogP contribution < -0.4 is 10.6 Å². The van der Waals surface area contributed by atoms with Gasteiger partial charge < -0.3 is 15.5 Å². The second kappa shape index (κ2) is 7.89. The van der Waals surface area contributed by atoms with Gasteiger partial charge in [0.1, 0.15) is 5.82 Å². The molecule has 0 fully saturated rings. The highest BCUT2D eigenvalue weighted by Crippen LogP contribution is 2.37. The number of benzene rings is 3. The Morgan fingerprint density at radius 2 is 1.72 bits per heavy atom. The third-order valence-corrected chi connectivity index (χ3v) is 4.76. The largest absolute Gasteiger partial charge is 0.354 e. The van der Waals surface area contributed by atoms with E-state index in [1.807, 2.05) is 56.6 Å². The van der Waals surface area contributed by atoms with Gasteiger partial charge in [-0.3, -0.25) is 4.79 Å². The topological polar surface area (TPSA) is 44.4 Å². The van der Waals surface area contributed by atoms with Gasteiger partial charge in [-0.25, -0.2) is 4.39 Å². The second-order valence-corrected chi connectivity index (χ2v) is 7.32. The summed E-state index contributed by atoms with van der Waals surface area (Å²) in [5, 5.41) is 6.19. The number of rotatable bonds is 5. The summed E-state index contributed by atoms with van der Waals surface area (Å²) in [4.78, 5) is 14.9. The number of carbonyl (C=O) groups is 1. The van der Waals surface area contributed by atoms with Crippen molar-refractivity contribution >= 4 is 28.6 Å². The maximum atomic E-state index is 13.6. The zero-order chi connectivity index (χ0) is 20.4. The maximum Gasteiger partial charge on any atom is 0.258 e. The molecule has 3 aromatic rings. The average Bonchev–Trinajstić information content (AvgIpc) is 3.02. The van der Waals surface area contributed by atoms with Crippen molar-refractivity contribution in [1.29, 1.82) is 0 Å². The minimum atomic E-state index is -0.379. The van der Waals surface area contributed by atoms with Crippen molar-refractivity contribution in [3.05, 3.63) is 95.3 Å². The van der Waals surface area contributed by atoms with E-state index in [0.717, 1.165) is 17.8 Å². The maximum absolute atomic E-state index is 13.6. The van der Waals surface area contributed by atoms with Crippen LogP contribution in [-0.4, -0.2) is 24.9 Å². The highest BCUT2D eigenvalue weighted by molar-refractivity contribution is 6.37. The molecule has 0 saturated carbocycles. The van der Waals surface area contributed by atoms with Gasteiger partial charge in [-0.2, -0.15) is 0 Å². The van der Waals surface area contributed by atoms with Gasteiger partial charge in [-0.1, -0.05) is 42.5 Å². The summed E-state index contributed by atoms with van der Waals surface area (Å²) < 4.78 is 13.6. The monoisotopic (exact) mass is 387 g/mol. The van der Waals surface area contributed by atoms with E-state index in [1.54, 1.807) is 6.07 Å². The molecule has 5 heteroatoms. The predicted octanol–water partition coefficient (Wildman–Crippen LogP) is 4.82. The van der Waals surface area contributed by atoms with Gasteiger partial charge in [0.15, 0.2) is 0 Å². The Hall–Kier alpha value is -3.44. The first-order valence-corrected chi connectivity index (χ1v) is 9.43. The van der Waals surface area contributed by atoms with Crippen LogP contribution >= 0.6 is 0 Å². The number of nitrogens with zero attached hydrogens (tertiary/aromatic N) is 1. The molecule has 0 aliphatic carbocycles. The molecule has 1 heterocycles. The zero-order valence-electron chi connectivity index (χ0n) is 16.4. The Balaban J connectivity index is 1.78. The quantitative estimate of drug-likeness (QED) is 0.617. The number of fused-ring (bicyclic) bond motifs is 1. The molecule has 1 amide bonds. The fourth-order valence-corrected chi connectivity index (χ4v) is 3.48. The van der Waals surface area contributed by atoms with Gasteiger partial charge in [0.25, 0.3) is 5.91 Å². The van der Waals surface area contributed by atoms with E-state index in [9.17, 15) is 9.18 Å². The molecule has 0 unspecified atom stereocenters. The van der Waals surface area contributed by atoms with Crippen LogP contribution in [0.1, 0.15) is 16.7 Å². The molecule has 0 bridgehead atoms. The lowest BCUT2D eigenvalue weighted by Crippen LogP contribution is -2.11. The Kier molecular flexibility index (Phi) is 5.14. The summed E-state index contributed by atoms with van der Waals surface area (Å²) in [6, 6.07) is 22.2. The Morgan fingerprint density at radius 3 is 2.41 bits per heavy atom. The molecule has 4 rings (SSSR count). The van der Waals surface area contributed by atoms with Crippen molar-refractivity contribution in [3.63, 3.8) is 0 Å². The standard InChI is InChI=1S/C24H22FN3O/c1-28(2)15-16-8-11-19(12-9-16)26-23(17-6-4-3-5-7-17)22-20-13-10-18(25)14-21(20)27-24(22)29/h3-14,26H,15H2,1-2H3,(H,27,29)/b23-22-. The molecule has 0 spiro atoms. The molecule has 29 heavy (non-hydrogen) atoms. The van der Waals surface area contributed by atoms with Crippen LogP contribution in [0.25, 0.3) is 11.3 Å². The van der Waals surface area contributed by atoms with Gasteiger partial charge in [-0.15, -0.1) is 0 Å². The zero-order valence-corrected chi connectivity index (χ0v) is 16.4. The third-order valence-electron chi connectivity index (χ3n) is 4.76. The number of amides is 1. The summed E-state index contributed by atoms with van der Waals surface area (Å²) in [5.74, 6) is -0.628. The van der Waals surface area contributed by atoms with Crippen molar-refractivity contribution in [2.75, 3.05) is 24.7 Å². The van der Waals surface area contributed by atoms with Crippen molar-refractivity contribution < 1.29 is 9.18 Å². The van der Waals surface area contributed by atoms with Crippen LogP contribution in [0.3, 0.4) is 0 Å². The van der Waals surface area contributed by atoms with Crippen molar-refractivity contribution in [3.8, 4) is 0 Å². The molecular formula is C24H22FN3O. The molecular weight excluding hydrogens is 365 g/mol. The Morgan fingerprint density at radius 1 is 1.00 bits per heavy atom. The van der Waals surface area contributed by atoms with Crippen LogP contribution in [0.2, 0.25) is 0 Å². The van der Waals surface area contributed by atoms with Crippen LogP contribution in [0, 0.1) is 5.82 Å². The minimum Gasteiger partial charge on any atom is -0.354 e. The number of carbonyl (C=O) groups excluding carboxylic acids is 1. The predicted molar refractivity (Wildman–Crippen MR) is 116 cm³/mol. The van der Waals surface area contributed by atoms with Gasteiger partial charge in [-0.05, 0) is 55.6 Å². The highest BCUT2D eigenvalue weighted by Gasteiger charge is 2.28. The summed E-state index contributed by atoms with van der Waals surface area (Å²) >= 11 is 0. The third kappa shape index (κ3) is 4.05. The summed E-state index contributed by atoms with van der Waals surface area (Å²) in [6.45, 7) is 0.855. The lowest BCUT2D eigenvalue weighted by Gasteiger charge is -2.16. The Bertz CT molecular complexity index is 1070. The van der Waals surface area contributed by atoms with Gasteiger partial charge in [0, 0.05) is 17.8 Å². The smallest absolute Gasteiger partial charge is 0.258 e. The molecule has 1 aliphatic heterocycles. The van der Waals surface area contributed by atoms with Crippen molar-refractivity contribution in [2.45, 2.75) is 6.54 Å². The van der Waals surface area contributed by atoms with Crippen LogP contribution in [0.15, 0.2) is 72.8 Å². The summed E-state index contributed by atoms with van der Waals surface area (Å²) in [6.07, 6.45) is 0. The van der Waals surface area contributed by atoms with E-state index in [1.165, 1.54) is 17.7 Å².